The third kappa shape index (κ3) is 6.61. The molecule has 1 amide bonds. The highest BCUT2D eigenvalue weighted by atomic mass is 16.5. The van der Waals surface area contributed by atoms with E-state index in [-0.39, 0.29) is 5.91 Å². The fraction of sp³-hybridized carbons (Fsp3) is 0.371. The van der Waals surface area contributed by atoms with Crippen LogP contribution in [0.2, 0.25) is 0 Å². The van der Waals surface area contributed by atoms with Crippen molar-refractivity contribution in [2.45, 2.75) is 39.5 Å². The average molecular weight is 553 g/mol. The minimum absolute atomic E-state index is 0.0236. The third-order valence-corrected chi connectivity index (χ3v) is 8.86. The number of carbonyl (C=O) groups excluding carboxylic acids is 1. The van der Waals surface area contributed by atoms with Crippen molar-refractivity contribution in [1.82, 2.24) is 10.2 Å². The molecule has 41 heavy (non-hydrogen) atoms. The van der Waals surface area contributed by atoms with Gasteiger partial charge in [-0.05, 0) is 90.1 Å². The molecular formula is C35H40N2O4. The minimum atomic E-state index is -0.915. The summed E-state index contributed by atoms with van der Waals surface area (Å²) in [5.41, 5.74) is 9.00. The molecule has 0 spiro atoms. The number of hydrogen-bond donors (Lipinski definition) is 2. The quantitative estimate of drug-likeness (QED) is 0.344. The Bertz CT molecular complexity index is 1440. The number of rotatable bonds is 8. The Morgan fingerprint density at radius 2 is 1.71 bits per heavy atom. The van der Waals surface area contributed by atoms with Crippen molar-refractivity contribution < 1.29 is 19.4 Å². The Morgan fingerprint density at radius 1 is 0.976 bits per heavy atom. The molecule has 214 valence electrons. The van der Waals surface area contributed by atoms with Gasteiger partial charge in [-0.25, -0.2) is 4.79 Å². The second kappa shape index (κ2) is 12.8. The van der Waals surface area contributed by atoms with Crippen molar-refractivity contribution >= 4 is 17.4 Å². The van der Waals surface area contributed by atoms with E-state index in [2.05, 4.69) is 55.3 Å². The van der Waals surface area contributed by atoms with Crippen LogP contribution >= 0.6 is 0 Å². The largest absolute Gasteiger partial charge is 0.478 e. The Kier molecular flexibility index (Phi) is 9.01. The first-order valence-electron chi connectivity index (χ1n) is 14.6. The first-order chi connectivity index (χ1) is 19.8. The minimum Gasteiger partial charge on any atom is -0.478 e. The number of nitrogens with one attached hydrogen (secondary N) is 1. The molecule has 1 heterocycles. The molecule has 0 aromatic heterocycles. The SMILES string of the molecule is CC1=C(C)c2cc(C(=O)NCCN3CCOCC3)ccc2C(C)C(Cc2ccc(-c3ccccc3C(=O)O)cc2)C1. The molecule has 2 N–H and O–H groups in total. The maximum absolute atomic E-state index is 13.0. The first-order valence-corrected chi connectivity index (χ1v) is 14.6. The van der Waals surface area contributed by atoms with Gasteiger partial charge < -0.3 is 15.2 Å². The fourth-order valence-electron chi connectivity index (χ4n) is 6.17. The summed E-state index contributed by atoms with van der Waals surface area (Å²) in [5.74, 6) is -0.203. The summed E-state index contributed by atoms with van der Waals surface area (Å²) in [7, 11) is 0. The highest BCUT2D eigenvalue weighted by Crippen LogP contribution is 2.41. The highest BCUT2D eigenvalue weighted by Gasteiger charge is 2.27. The van der Waals surface area contributed by atoms with Crippen LogP contribution in [0.5, 0.6) is 0 Å². The molecule has 1 saturated heterocycles. The topological polar surface area (TPSA) is 78.9 Å². The smallest absolute Gasteiger partial charge is 0.336 e. The van der Waals surface area contributed by atoms with Gasteiger partial charge in [-0.1, -0.05) is 61.0 Å². The fourth-order valence-corrected chi connectivity index (χ4v) is 6.17. The Balaban J connectivity index is 1.29. The van der Waals surface area contributed by atoms with Gasteiger partial charge in [0.25, 0.3) is 5.91 Å². The summed E-state index contributed by atoms with van der Waals surface area (Å²) in [6, 6.07) is 21.7. The molecule has 3 aromatic carbocycles. The van der Waals surface area contributed by atoms with Crippen molar-refractivity contribution in [2.75, 3.05) is 39.4 Å². The van der Waals surface area contributed by atoms with Gasteiger partial charge in [0.05, 0.1) is 18.8 Å². The number of amides is 1. The van der Waals surface area contributed by atoms with E-state index in [1.165, 1.54) is 27.8 Å². The number of aromatic carboxylic acids is 1. The van der Waals surface area contributed by atoms with Crippen LogP contribution in [0.15, 0.2) is 72.3 Å². The Hall–Kier alpha value is -3.74. The molecule has 3 aromatic rings. The third-order valence-electron chi connectivity index (χ3n) is 8.86. The summed E-state index contributed by atoms with van der Waals surface area (Å²) < 4.78 is 5.41. The zero-order chi connectivity index (χ0) is 28.9. The molecule has 6 nitrogen and oxygen atoms in total. The van der Waals surface area contributed by atoms with Crippen LogP contribution in [0.1, 0.15) is 70.5 Å². The monoisotopic (exact) mass is 552 g/mol. The van der Waals surface area contributed by atoms with E-state index in [0.717, 1.165) is 56.8 Å². The molecule has 1 fully saturated rings. The summed E-state index contributed by atoms with van der Waals surface area (Å²) >= 11 is 0. The lowest BCUT2D eigenvalue weighted by Crippen LogP contribution is -2.41. The number of morpholine rings is 1. The lowest BCUT2D eigenvalue weighted by molar-refractivity contribution is 0.0383. The van der Waals surface area contributed by atoms with Crippen LogP contribution in [0.4, 0.5) is 0 Å². The van der Waals surface area contributed by atoms with Crippen LogP contribution in [-0.2, 0) is 11.2 Å². The van der Waals surface area contributed by atoms with E-state index >= 15 is 0 Å². The van der Waals surface area contributed by atoms with Gasteiger partial charge in [0.15, 0.2) is 0 Å². The van der Waals surface area contributed by atoms with E-state index in [1.807, 2.05) is 30.3 Å². The predicted octanol–water partition coefficient (Wildman–Crippen LogP) is 6.27. The molecule has 6 heteroatoms. The van der Waals surface area contributed by atoms with Gasteiger partial charge >= 0.3 is 5.97 Å². The highest BCUT2D eigenvalue weighted by molar-refractivity contribution is 5.96. The van der Waals surface area contributed by atoms with Crippen molar-refractivity contribution in [2.24, 2.45) is 5.92 Å². The van der Waals surface area contributed by atoms with Crippen LogP contribution in [0.25, 0.3) is 16.7 Å². The van der Waals surface area contributed by atoms with Crippen molar-refractivity contribution in [3.63, 3.8) is 0 Å². The number of fused-ring (bicyclic) bond motifs is 1. The number of benzene rings is 3. The van der Waals surface area contributed by atoms with Crippen molar-refractivity contribution in [3.05, 3.63) is 100 Å². The van der Waals surface area contributed by atoms with Crippen LogP contribution < -0.4 is 5.32 Å². The van der Waals surface area contributed by atoms with Gasteiger partial charge in [0.2, 0.25) is 0 Å². The maximum atomic E-state index is 13.0. The van der Waals surface area contributed by atoms with E-state index in [4.69, 9.17) is 4.74 Å². The van der Waals surface area contributed by atoms with Crippen molar-refractivity contribution in [3.8, 4) is 11.1 Å². The number of carboxylic acids is 1. The number of carbonyl (C=O) groups is 2. The zero-order valence-electron chi connectivity index (χ0n) is 24.3. The lowest BCUT2D eigenvalue weighted by Gasteiger charge is -2.26. The van der Waals surface area contributed by atoms with Gasteiger partial charge in [-0.3, -0.25) is 9.69 Å². The molecule has 2 aliphatic rings. The Labute approximate surface area is 243 Å². The summed E-state index contributed by atoms with van der Waals surface area (Å²) in [6.07, 6.45) is 1.92. The van der Waals surface area contributed by atoms with E-state index in [1.54, 1.807) is 12.1 Å². The molecule has 0 bridgehead atoms. The maximum Gasteiger partial charge on any atom is 0.336 e. The normalized spacial score (nSPS) is 19.4. The number of carboxylic acid groups (broad SMARTS) is 1. The van der Waals surface area contributed by atoms with Gasteiger partial charge in [0.1, 0.15) is 0 Å². The molecule has 2 unspecified atom stereocenters. The first kappa shape index (κ1) is 28.8. The summed E-state index contributed by atoms with van der Waals surface area (Å²) in [5, 5.41) is 12.7. The number of allylic oxidation sites excluding steroid dienone is 2. The van der Waals surface area contributed by atoms with E-state index in [0.29, 0.717) is 29.5 Å². The summed E-state index contributed by atoms with van der Waals surface area (Å²) in [4.78, 5) is 27.0. The molecule has 0 saturated carbocycles. The van der Waals surface area contributed by atoms with Gasteiger partial charge in [0, 0.05) is 31.7 Å². The molecule has 5 rings (SSSR count). The lowest BCUT2D eigenvalue weighted by atomic mass is 9.80. The molecular weight excluding hydrogens is 512 g/mol. The predicted molar refractivity (Wildman–Crippen MR) is 163 cm³/mol. The van der Waals surface area contributed by atoms with Gasteiger partial charge in [-0.15, -0.1) is 0 Å². The second-order valence-electron chi connectivity index (χ2n) is 11.4. The number of ether oxygens (including phenoxy) is 1. The van der Waals surface area contributed by atoms with Crippen LogP contribution in [0.3, 0.4) is 0 Å². The average Bonchev–Trinajstić information content (AvgIpc) is 3.08. The van der Waals surface area contributed by atoms with E-state index in [9.17, 15) is 14.7 Å². The van der Waals surface area contributed by atoms with Gasteiger partial charge in [-0.2, -0.15) is 0 Å². The van der Waals surface area contributed by atoms with E-state index < -0.39 is 5.97 Å². The number of hydrogen-bond acceptors (Lipinski definition) is 4. The Morgan fingerprint density at radius 3 is 2.44 bits per heavy atom. The second-order valence-corrected chi connectivity index (χ2v) is 11.4. The molecule has 1 aliphatic heterocycles. The van der Waals surface area contributed by atoms with Crippen molar-refractivity contribution in [1.29, 1.82) is 0 Å². The summed E-state index contributed by atoms with van der Waals surface area (Å²) in [6.45, 7) is 11.5. The molecule has 0 radical (unpaired) electrons. The number of nitrogens with zero attached hydrogens (tertiary/aromatic N) is 1. The van der Waals surface area contributed by atoms with Crippen LogP contribution in [0, 0.1) is 5.92 Å². The van der Waals surface area contributed by atoms with Crippen LogP contribution in [-0.4, -0.2) is 61.3 Å². The molecule has 2 atom stereocenters. The zero-order valence-corrected chi connectivity index (χ0v) is 24.3. The standard InChI is InChI=1S/C35H40N2O4/c1-23-20-29(21-26-8-10-27(11-9-26)31-6-4-5-7-32(31)35(39)40)25(3)30-13-12-28(22-33(30)24(23)2)34(38)36-14-15-37-16-18-41-19-17-37/h4-13,22,25,29H,14-21H2,1-3H3,(H,36,38)(H,39,40). The molecule has 1 aliphatic carbocycles.